The van der Waals surface area contributed by atoms with Crippen LogP contribution in [0.4, 0.5) is 0 Å². The molecule has 32 heavy (non-hydrogen) atoms. The summed E-state index contributed by atoms with van der Waals surface area (Å²) >= 11 is 0. The second-order valence-corrected chi connectivity index (χ2v) is 7.28. The van der Waals surface area contributed by atoms with Crippen LogP contribution in [0.25, 0.3) is 32.8 Å². The molecule has 0 saturated heterocycles. The Labute approximate surface area is 189 Å². The molecule has 0 unspecified atom stereocenters. The Balaban J connectivity index is 0.000000115. The molecule has 1 aromatic heterocycles. The zero-order valence-electron chi connectivity index (χ0n) is 17.9. The van der Waals surface area contributed by atoms with Gasteiger partial charge in [-0.15, -0.1) is 0 Å². The molecule has 1 heterocycles. The van der Waals surface area contributed by atoms with Gasteiger partial charge in [-0.05, 0) is 34.0 Å². The van der Waals surface area contributed by atoms with Crippen LogP contribution in [0, 0.1) is 0 Å². The van der Waals surface area contributed by atoms with Gasteiger partial charge in [-0.25, -0.2) is 0 Å². The lowest BCUT2D eigenvalue weighted by atomic mass is 10.1. The largest absolute Gasteiger partial charge is 0.256 e. The summed E-state index contributed by atoms with van der Waals surface area (Å²) in [5.41, 5.74) is 3.61. The molecule has 6 rings (SSSR count). The van der Waals surface area contributed by atoms with Gasteiger partial charge in [0, 0.05) is 11.6 Å². The molecule has 0 aliphatic rings. The van der Waals surface area contributed by atoms with Crippen LogP contribution in [0.5, 0.6) is 0 Å². The number of rotatable bonds is 1. The summed E-state index contributed by atoms with van der Waals surface area (Å²) in [7, 11) is 0. The highest BCUT2D eigenvalue weighted by Crippen LogP contribution is 2.17. The third-order valence-corrected chi connectivity index (χ3v) is 5.05. The molecule has 0 bridgehead atoms. The fourth-order valence-corrected chi connectivity index (χ4v) is 3.41. The summed E-state index contributed by atoms with van der Waals surface area (Å²) in [6.45, 7) is 0. The third-order valence-electron chi connectivity index (χ3n) is 5.05. The van der Waals surface area contributed by atoms with Gasteiger partial charge in [0.1, 0.15) is 0 Å². The van der Waals surface area contributed by atoms with E-state index >= 15 is 0 Å². The van der Waals surface area contributed by atoms with Crippen molar-refractivity contribution >= 4 is 21.7 Å². The lowest BCUT2D eigenvalue weighted by Gasteiger charge is -1.98. The molecule has 0 atom stereocenters. The van der Waals surface area contributed by atoms with Crippen LogP contribution >= 0.6 is 0 Å². The Morgan fingerprint density at radius 3 is 1.16 bits per heavy atom. The standard InChI is InChI=1S/C12H10.C10H8.C9H7N/c1-3-7-11(8-4-1)12-9-5-2-6-10-12;1-2-6-10-8-4-3-7-9(10)5-1;1-2-6-9-8(4-1)5-3-7-10-9/h1-10H;1-8H;1-7H. The maximum Gasteiger partial charge on any atom is 0.0701 e. The number of hydrogen-bond donors (Lipinski definition) is 0. The van der Waals surface area contributed by atoms with Gasteiger partial charge in [-0.2, -0.15) is 0 Å². The average molecular weight is 412 g/mol. The van der Waals surface area contributed by atoms with Crippen LogP contribution in [0.15, 0.2) is 152 Å². The summed E-state index contributed by atoms with van der Waals surface area (Å²) in [6, 6.07) is 49.6. The minimum absolute atomic E-state index is 1.06. The van der Waals surface area contributed by atoms with Gasteiger partial charge in [-0.1, -0.05) is 133 Å². The fourth-order valence-electron chi connectivity index (χ4n) is 3.41. The Bertz CT molecular complexity index is 1120. The molecule has 6 aromatic rings. The van der Waals surface area contributed by atoms with Crippen molar-refractivity contribution in [3.63, 3.8) is 0 Å². The van der Waals surface area contributed by atoms with Crippen molar-refractivity contribution in [1.82, 2.24) is 4.98 Å². The quantitative estimate of drug-likeness (QED) is 0.264. The van der Waals surface area contributed by atoms with E-state index < -0.39 is 0 Å². The van der Waals surface area contributed by atoms with E-state index in [1.807, 2.05) is 42.6 Å². The normalized spacial score (nSPS) is 9.88. The topological polar surface area (TPSA) is 12.9 Å². The van der Waals surface area contributed by atoms with Gasteiger partial charge in [-0.3, -0.25) is 4.98 Å². The molecule has 0 aliphatic heterocycles. The monoisotopic (exact) mass is 411 g/mol. The summed E-state index contributed by atoms with van der Waals surface area (Å²) in [5, 5.41) is 3.82. The van der Waals surface area contributed by atoms with Crippen molar-refractivity contribution in [2.45, 2.75) is 0 Å². The first-order valence-electron chi connectivity index (χ1n) is 10.7. The van der Waals surface area contributed by atoms with E-state index in [0.717, 1.165) is 5.52 Å². The first kappa shape index (κ1) is 21.0. The molecule has 0 N–H and O–H groups in total. The van der Waals surface area contributed by atoms with Crippen molar-refractivity contribution in [1.29, 1.82) is 0 Å². The molecular weight excluding hydrogens is 386 g/mol. The minimum atomic E-state index is 1.06. The molecule has 0 spiro atoms. The predicted octanol–water partition coefficient (Wildman–Crippen LogP) is 8.43. The number of para-hydroxylation sites is 1. The maximum atomic E-state index is 4.18. The zero-order valence-corrected chi connectivity index (χ0v) is 17.9. The Morgan fingerprint density at radius 2 is 0.688 bits per heavy atom. The molecule has 154 valence electrons. The highest BCUT2D eigenvalue weighted by molar-refractivity contribution is 5.82. The smallest absolute Gasteiger partial charge is 0.0701 e. The van der Waals surface area contributed by atoms with Gasteiger partial charge in [0.05, 0.1) is 5.52 Å². The van der Waals surface area contributed by atoms with Crippen LogP contribution < -0.4 is 0 Å². The van der Waals surface area contributed by atoms with Gasteiger partial charge >= 0.3 is 0 Å². The van der Waals surface area contributed by atoms with E-state index in [0.29, 0.717) is 0 Å². The van der Waals surface area contributed by atoms with E-state index in [9.17, 15) is 0 Å². The number of benzene rings is 5. The number of aromatic nitrogens is 1. The maximum absolute atomic E-state index is 4.18. The average Bonchev–Trinajstić information content (AvgIpc) is 2.91. The summed E-state index contributed by atoms with van der Waals surface area (Å²) in [6.07, 6.45) is 1.81. The number of nitrogens with zero attached hydrogens (tertiary/aromatic N) is 1. The molecule has 1 heteroatoms. The summed E-state index contributed by atoms with van der Waals surface area (Å²) in [5.74, 6) is 0. The lowest BCUT2D eigenvalue weighted by molar-refractivity contribution is 1.41. The molecule has 5 aromatic carbocycles. The summed E-state index contributed by atoms with van der Waals surface area (Å²) in [4.78, 5) is 4.18. The van der Waals surface area contributed by atoms with Crippen LogP contribution in [0.3, 0.4) is 0 Å². The van der Waals surface area contributed by atoms with E-state index in [-0.39, 0.29) is 0 Å². The van der Waals surface area contributed by atoms with Crippen LogP contribution in [-0.2, 0) is 0 Å². The first-order valence-corrected chi connectivity index (χ1v) is 10.7. The highest BCUT2D eigenvalue weighted by atomic mass is 14.6. The van der Waals surface area contributed by atoms with Gasteiger partial charge in [0.2, 0.25) is 0 Å². The van der Waals surface area contributed by atoms with Crippen molar-refractivity contribution in [3.05, 3.63) is 152 Å². The lowest BCUT2D eigenvalue weighted by Crippen LogP contribution is -1.73. The molecule has 0 fully saturated rings. The number of hydrogen-bond acceptors (Lipinski definition) is 1. The Hall–Kier alpha value is -4.23. The van der Waals surface area contributed by atoms with Crippen LogP contribution in [-0.4, -0.2) is 4.98 Å². The Kier molecular flexibility index (Phi) is 7.38. The number of fused-ring (bicyclic) bond motifs is 2. The van der Waals surface area contributed by atoms with E-state index in [1.54, 1.807) is 0 Å². The van der Waals surface area contributed by atoms with Crippen molar-refractivity contribution in [2.24, 2.45) is 0 Å². The van der Waals surface area contributed by atoms with E-state index in [1.165, 1.54) is 27.3 Å². The van der Waals surface area contributed by atoms with Gasteiger partial charge < -0.3 is 0 Å². The molecule has 0 saturated carbocycles. The van der Waals surface area contributed by atoms with E-state index in [4.69, 9.17) is 0 Å². The highest BCUT2D eigenvalue weighted by Gasteiger charge is 1.92. The number of pyridine rings is 1. The molecule has 0 amide bonds. The molecular formula is C31H25N. The van der Waals surface area contributed by atoms with Gasteiger partial charge in [0.15, 0.2) is 0 Å². The SMILES string of the molecule is c1ccc(-c2ccccc2)cc1.c1ccc2ccccc2c1.c1ccc2ncccc2c1. The van der Waals surface area contributed by atoms with Crippen molar-refractivity contribution < 1.29 is 0 Å². The van der Waals surface area contributed by atoms with E-state index in [2.05, 4.69) is 114 Å². The summed E-state index contributed by atoms with van der Waals surface area (Å²) < 4.78 is 0. The fraction of sp³-hybridized carbons (Fsp3) is 0. The van der Waals surface area contributed by atoms with Gasteiger partial charge in [0.25, 0.3) is 0 Å². The first-order chi connectivity index (χ1) is 15.9. The second-order valence-electron chi connectivity index (χ2n) is 7.28. The van der Waals surface area contributed by atoms with Crippen LogP contribution in [0.2, 0.25) is 0 Å². The van der Waals surface area contributed by atoms with Crippen molar-refractivity contribution in [3.8, 4) is 11.1 Å². The predicted molar refractivity (Wildman–Crippen MR) is 138 cm³/mol. The molecule has 0 aliphatic carbocycles. The Morgan fingerprint density at radius 1 is 0.312 bits per heavy atom. The zero-order chi connectivity index (χ0) is 21.8. The third kappa shape index (κ3) is 5.90. The van der Waals surface area contributed by atoms with Crippen LogP contribution in [0.1, 0.15) is 0 Å². The molecule has 0 radical (unpaired) electrons. The second kappa shape index (κ2) is 11.2. The van der Waals surface area contributed by atoms with Crippen molar-refractivity contribution in [2.75, 3.05) is 0 Å². The minimum Gasteiger partial charge on any atom is -0.256 e. The molecule has 1 nitrogen and oxygen atoms in total.